The molecule has 0 spiro atoms. The third kappa shape index (κ3) is 2.96. The minimum Gasteiger partial charge on any atom is -0.372 e. The van der Waals surface area contributed by atoms with E-state index in [-0.39, 0.29) is 0 Å². The maximum Gasteiger partial charge on any atom is 0.0732 e. The highest BCUT2D eigenvalue weighted by Crippen LogP contribution is 2.28. The normalized spacial score (nSPS) is 10.7. The maximum atomic E-state index is 5.58. The van der Waals surface area contributed by atoms with Crippen LogP contribution in [0.3, 0.4) is 0 Å². The lowest BCUT2D eigenvalue weighted by molar-refractivity contribution is 0.142. The minimum atomic E-state index is 0.609. The molecule has 0 bridgehead atoms. The lowest BCUT2D eigenvalue weighted by Gasteiger charge is -2.09. The Morgan fingerprint density at radius 2 is 2.00 bits per heavy atom. The molecule has 2 aromatic rings. The Morgan fingerprint density at radius 1 is 1.24 bits per heavy atom. The highest BCUT2D eigenvalue weighted by atomic mass is 79.9. The van der Waals surface area contributed by atoms with E-state index in [2.05, 4.69) is 46.8 Å². The summed E-state index contributed by atoms with van der Waals surface area (Å²) >= 11 is 3.65. The topological polar surface area (TPSA) is 9.23 Å². The third-order valence-electron chi connectivity index (χ3n) is 2.55. The maximum absolute atomic E-state index is 5.58. The van der Waals surface area contributed by atoms with Gasteiger partial charge in [0.25, 0.3) is 0 Å². The molecule has 0 aliphatic rings. The number of benzene rings is 2. The van der Waals surface area contributed by atoms with Gasteiger partial charge in [0.1, 0.15) is 0 Å². The van der Waals surface area contributed by atoms with Crippen LogP contribution in [0, 0.1) is 0 Å². The molecule has 0 amide bonds. The molecule has 0 aliphatic heterocycles. The third-order valence-corrected chi connectivity index (χ3v) is 3.49. The van der Waals surface area contributed by atoms with E-state index in [0.717, 1.165) is 10.0 Å². The summed E-state index contributed by atoms with van der Waals surface area (Å²) in [6.45, 7) is 7.01. The monoisotopic (exact) mass is 290 g/mol. The lowest BCUT2D eigenvalue weighted by atomic mass is 10.1. The molecule has 1 nitrogen and oxygen atoms in total. The molecule has 0 saturated carbocycles. The van der Waals surface area contributed by atoms with E-state index >= 15 is 0 Å². The van der Waals surface area contributed by atoms with Gasteiger partial charge in [-0.15, -0.1) is 0 Å². The van der Waals surface area contributed by atoms with Crippen molar-refractivity contribution in [2.24, 2.45) is 0 Å². The molecule has 2 heteroatoms. The summed E-state index contributed by atoms with van der Waals surface area (Å²) < 4.78 is 6.70. The zero-order chi connectivity index (χ0) is 12.3. The minimum absolute atomic E-state index is 0.609. The smallest absolute Gasteiger partial charge is 0.0732 e. The number of halogens is 1. The Bertz CT molecular complexity index is 546. The van der Waals surface area contributed by atoms with Crippen LogP contribution >= 0.6 is 15.9 Å². The molecular formula is C15H15BrO. The summed E-state index contributed by atoms with van der Waals surface area (Å²) in [6.07, 6.45) is 0. The van der Waals surface area contributed by atoms with Crippen molar-refractivity contribution >= 4 is 26.7 Å². The summed E-state index contributed by atoms with van der Waals surface area (Å²) in [5.41, 5.74) is 2.21. The number of ether oxygens (including phenoxy) is 1. The van der Waals surface area contributed by atoms with Gasteiger partial charge in [0, 0.05) is 4.47 Å². The Morgan fingerprint density at radius 3 is 2.76 bits per heavy atom. The van der Waals surface area contributed by atoms with Crippen LogP contribution in [0.25, 0.3) is 10.8 Å². The predicted octanol–water partition coefficient (Wildman–Crippen LogP) is 4.70. The lowest BCUT2D eigenvalue weighted by Crippen LogP contribution is -1.97. The molecule has 0 atom stereocenters. The molecule has 0 aromatic heterocycles. The molecule has 17 heavy (non-hydrogen) atoms. The molecule has 88 valence electrons. The van der Waals surface area contributed by atoms with Gasteiger partial charge in [-0.25, -0.2) is 0 Å². The summed E-state index contributed by atoms with van der Waals surface area (Å²) in [6, 6.07) is 12.5. The Labute approximate surface area is 110 Å². The Kier molecular flexibility index (Phi) is 3.97. The number of rotatable bonds is 4. The van der Waals surface area contributed by atoms with Crippen LogP contribution in [0.15, 0.2) is 53.0 Å². The van der Waals surface area contributed by atoms with Gasteiger partial charge >= 0.3 is 0 Å². The fraction of sp³-hybridized carbons (Fsp3) is 0.200. The van der Waals surface area contributed by atoms with E-state index in [9.17, 15) is 0 Å². The van der Waals surface area contributed by atoms with Gasteiger partial charge in [-0.2, -0.15) is 0 Å². The van der Waals surface area contributed by atoms with Crippen LogP contribution in [-0.4, -0.2) is 6.61 Å². The van der Waals surface area contributed by atoms with Gasteiger partial charge in [0.05, 0.1) is 13.2 Å². The van der Waals surface area contributed by atoms with E-state index in [1.54, 1.807) is 0 Å². The molecule has 0 heterocycles. The van der Waals surface area contributed by atoms with Crippen molar-refractivity contribution in [3.63, 3.8) is 0 Å². The van der Waals surface area contributed by atoms with E-state index in [1.807, 2.05) is 19.1 Å². The molecule has 0 N–H and O–H groups in total. The van der Waals surface area contributed by atoms with Crippen LogP contribution in [-0.2, 0) is 11.3 Å². The first-order valence-electron chi connectivity index (χ1n) is 5.57. The highest BCUT2D eigenvalue weighted by molar-refractivity contribution is 9.10. The largest absolute Gasteiger partial charge is 0.372 e. The average molecular weight is 291 g/mol. The zero-order valence-corrected chi connectivity index (χ0v) is 11.5. The fourth-order valence-electron chi connectivity index (χ4n) is 1.73. The van der Waals surface area contributed by atoms with Crippen molar-refractivity contribution in [1.82, 2.24) is 0 Å². The molecule has 2 rings (SSSR count). The van der Waals surface area contributed by atoms with Crippen LogP contribution in [0.2, 0.25) is 0 Å². The summed E-state index contributed by atoms with van der Waals surface area (Å²) in [5, 5.41) is 2.46. The van der Waals surface area contributed by atoms with E-state index in [0.29, 0.717) is 13.2 Å². The van der Waals surface area contributed by atoms with Crippen molar-refractivity contribution in [3.05, 3.63) is 58.6 Å². The second-order valence-corrected chi connectivity index (χ2v) is 5.00. The molecule has 0 saturated heterocycles. The number of hydrogen-bond donors (Lipinski definition) is 0. The molecule has 0 fully saturated rings. The second kappa shape index (κ2) is 5.48. The summed E-state index contributed by atoms with van der Waals surface area (Å²) in [4.78, 5) is 0. The highest BCUT2D eigenvalue weighted by Gasteiger charge is 2.04. The Balaban J connectivity index is 2.23. The van der Waals surface area contributed by atoms with Gasteiger partial charge in [0.15, 0.2) is 0 Å². The summed E-state index contributed by atoms with van der Waals surface area (Å²) in [5.74, 6) is 0. The van der Waals surface area contributed by atoms with Gasteiger partial charge in [0.2, 0.25) is 0 Å². The fourth-order valence-corrected chi connectivity index (χ4v) is 2.33. The quantitative estimate of drug-likeness (QED) is 0.742. The standard InChI is InChI=1S/C15H15BrO/c1-11(2)9-17-10-13-8-7-12-5-3-4-6-14(12)15(13)16/h3-8H,1,9-10H2,2H3. The first kappa shape index (κ1) is 12.3. The van der Waals surface area contributed by atoms with E-state index in [4.69, 9.17) is 4.74 Å². The number of fused-ring (bicyclic) bond motifs is 1. The van der Waals surface area contributed by atoms with Crippen LogP contribution < -0.4 is 0 Å². The molecule has 0 unspecified atom stereocenters. The molecule has 0 aliphatic carbocycles. The van der Waals surface area contributed by atoms with Gasteiger partial charge in [-0.1, -0.05) is 48.6 Å². The molecule has 0 radical (unpaired) electrons. The van der Waals surface area contributed by atoms with Crippen molar-refractivity contribution in [1.29, 1.82) is 0 Å². The second-order valence-electron chi connectivity index (χ2n) is 4.21. The van der Waals surface area contributed by atoms with Crippen LogP contribution in [0.1, 0.15) is 12.5 Å². The van der Waals surface area contributed by atoms with Gasteiger partial charge < -0.3 is 4.74 Å². The number of hydrogen-bond acceptors (Lipinski definition) is 1. The predicted molar refractivity (Wildman–Crippen MR) is 76.1 cm³/mol. The molecule has 2 aromatic carbocycles. The SMILES string of the molecule is C=C(C)COCc1ccc2ccccc2c1Br. The first-order chi connectivity index (χ1) is 8.18. The van der Waals surface area contributed by atoms with E-state index < -0.39 is 0 Å². The van der Waals surface area contributed by atoms with Crippen molar-refractivity contribution in [2.45, 2.75) is 13.5 Å². The van der Waals surface area contributed by atoms with Crippen molar-refractivity contribution in [2.75, 3.05) is 6.61 Å². The van der Waals surface area contributed by atoms with Crippen molar-refractivity contribution in [3.8, 4) is 0 Å². The Hall–Kier alpha value is -1.12. The zero-order valence-electron chi connectivity index (χ0n) is 9.87. The first-order valence-corrected chi connectivity index (χ1v) is 6.36. The summed E-state index contributed by atoms with van der Waals surface area (Å²) in [7, 11) is 0. The van der Waals surface area contributed by atoms with Crippen molar-refractivity contribution < 1.29 is 4.74 Å². The van der Waals surface area contributed by atoms with Gasteiger partial charge in [-0.3, -0.25) is 0 Å². The van der Waals surface area contributed by atoms with Crippen LogP contribution in [0.4, 0.5) is 0 Å². The van der Waals surface area contributed by atoms with E-state index in [1.165, 1.54) is 16.3 Å². The average Bonchev–Trinajstić information content (AvgIpc) is 2.32. The molecular weight excluding hydrogens is 276 g/mol. The van der Waals surface area contributed by atoms with Crippen LogP contribution in [0.5, 0.6) is 0 Å². The van der Waals surface area contributed by atoms with Gasteiger partial charge in [-0.05, 0) is 39.2 Å².